The van der Waals surface area contributed by atoms with Crippen LogP contribution in [0.15, 0.2) is 0 Å². The Balaban J connectivity index is 3.38. The molecule has 0 aromatic carbocycles. The van der Waals surface area contributed by atoms with Crippen LogP contribution in [0.5, 0.6) is 0 Å². The summed E-state index contributed by atoms with van der Waals surface area (Å²) >= 11 is 0. The summed E-state index contributed by atoms with van der Waals surface area (Å²) in [6.07, 6.45) is 4.63. The van der Waals surface area contributed by atoms with Gasteiger partial charge in [-0.25, -0.2) is 0 Å². The number of rotatable bonds is 11. The van der Waals surface area contributed by atoms with Crippen LogP contribution in [0.4, 0.5) is 0 Å². The van der Waals surface area contributed by atoms with Gasteiger partial charge in [0, 0.05) is 19.8 Å². The van der Waals surface area contributed by atoms with Crippen LogP contribution in [0, 0.1) is 6.92 Å². The summed E-state index contributed by atoms with van der Waals surface area (Å²) < 4.78 is 16.1. The predicted molar refractivity (Wildman–Crippen MR) is 61.7 cm³/mol. The van der Waals surface area contributed by atoms with Gasteiger partial charge in [-0.3, -0.25) is 0 Å². The molecule has 0 spiro atoms. The molecule has 1 unspecified atom stereocenters. The van der Waals surface area contributed by atoms with Crippen LogP contribution in [0.1, 0.15) is 39.5 Å². The first kappa shape index (κ1) is 14.9. The van der Waals surface area contributed by atoms with Gasteiger partial charge in [0.2, 0.25) is 0 Å². The molecule has 1 atom stereocenters. The zero-order chi connectivity index (χ0) is 11.4. The molecule has 0 fully saturated rings. The minimum absolute atomic E-state index is 0.224. The van der Waals surface area contributed by atoms with Gasteiger partial charge >= 0.3 is 0 Å². The van der Waals surface area contributed by atoms with Crippen LogP contribution in [-0.2, 0) is 14.2 Å². The van der Waals surface area contributed by atoms with E-state index in [1.807, 2.05) is 6.92 Å². The smallest absolute Gasteiger partial charge is 0.180 e. The van der Waals surface area contributed by atoms with E-state index in [4.69, 9.17) is 14.2 Å². The van der Waals surface area contributed by atoms with Crippen LogP contribution >= 0.6 is 0 Å². The second-order valence-electron chi connectivity index (χ2n) is 3.39. The van der Waals surface area contributed by atoms with Crippen molar-refractivity contribution in [3.63, 3.8) is 0 Å². The Kier molecular flexibility index (Phi) is 11.9. The lowest BCUT2D eigenvalue weighted by Gasteiger charge is -2.17. The first-order chi connectivity index (χ1) is 7.35. The van der Waals surface area contributed by atoms with Crippen LogP contribution in [-0.4, -0.2) is 32.7 Å². The molecule has 0 aromatic heterocycles. The van der Waals surface area contributed by atoms with E-state index in [1.165, 1.54) is 19.3 Å². The fourth-order valence-electron chi connectivity index (χ4n) is 1.25. The third-order valence-electron chi connectivity index (χ3n) is 2.05. The van der Waals surface area contributed by atoms with Gasteiger partial charge in [-0.1, -0.05) is 26.2 Å². The topological polar surface area (TPSA) is 27.7 Å². The molecule has 3 nitrogen and oxygen atoms in total. The van der Waals surface area contributed by atoms with E-state index >= 15 is 0 Å². The maximum Gasteiger partial charge on any atom is 0.180 e. The molecule has 0 aliphatic heterocycles. The molecule has 0 N–H and O–H groups in total. The molecular weight excluding hydrogens is 192 g/mol. The van der Waals surface area contributed by atoms with Gasteiger partial charge in [0.05, 0.1) is 6.61 Å². The molecular formula is C12H25O3. The maximum absolute atomic E-state index is 5.56. The second-order valence-corrected chi connectivity index (χ2v) is 3.39. The number of hydrogen-bond donors (Lipinski definition) is 0. The zero-order valence-corrected chi connectivity index (χ0v) is 10.2. The summed E-state index contributed by atoms with van der Waals surface area (Å²) in [5.74, 6) is 0. The lowest BCUT2D eigenvalue weighted by atomic mass is 10.2. The molecule has 0 heterocycles. The molecule has 0 aromatic rings. The highest BCUT2D eigenvalue weighted by Crippen LogP contribution is 2.02. The van der Waals surface area contributed by atoms with E-state index in [0.29, 0.717) is 19.8 Å². The summed E-state index contributed by atoms with van der Waals surface area (Å²) in [6.45, 7) is 10.1. The lowest BCUT2D eigenvalue weighted by molar-refractivity contribution is -0.168. The summed E-state index contributed by atoms with van der Waals surface area (Å²) in [6, 6.07) is 0. The third kappa shape index (κ3) is 10.2. The van der Waals surface area contributed by atoms with Crippen molar-refractivity contribution in [2.45, 2.75) is 45.8 Å². The molecule has 0 saturated heterocycles. The first-order valence-electron chi connectivity index (χ1n) is 5.95. The van der Waals surface area contributed by atoms with E-state index in [0.717, 1.165) is 13.0 Å². The first-order valence-corrected chi connectivity index (χ1v) is 5.95. The Bertz CT molecular complexity index is 117. The van der Waals surface area contributed by atoms with Gasteiger partial charge in [0.1, 0.15) is 0 Å². The van der Waals surface area contributed by atoms with Crippen molar-refractivity contribution >= 4 is 0 Å². The Morgan fingerprint density at radius 2 is 1.87 bits per heavy atom. The molecule has 1 radical (unpaired) electrons. The standard InChI is InChI=1S/C12H25O3/c1-4-7-8-9-10-15-12(14-6-3)11-13-5-2/h12H,2,4-11H2,1,3H3. The minimum atomic E-state index is -0.224. The Morgan fingerprint density at radius 3 is 2.47 bits per heavy atom. The van der Waals surface area contributed by atoms with Gasteiger partial charge in [-0.2, -0.15) is 0 Å². The monoisotopic (exact) mass is 217 g/mol. The van der Waals surface area contributed by atoms with Crippen LogP contribution < -0.4 is 0 Å². The Hall–Kier alpha value is -0.120. The van der Waals surface area contributed by atoms with Crippen molar-refractivity contribution < 1.29 is 14.2 Å². The molecule has 0 bridgehead atoms. The highest BCUT2D eigenvalue weighted by Gasteiger charge is 2.07. The summed E-state index contributed by atoms with van der Waals surface area (Å²) in [4.78, 5) is 0. The highest BCUT2D eigenvalue weighted by atomic mass is 16.7. The second kappa shape index (κ2) is 12.0. The number of unbranched alkanes of at least 4 members (excludes halogenated alkanes) is 3. The predicted octanol–water partition coefficient (Wildman–Crippen LogP) is 2.80. The number of ether oxygens (including phenoxy) is 3. The van der Waals surface area contributed by atoms with Crippen LogP contribution in [0.3, 0.4) is 0 Å². The van der Waals surface area contributed by atoms with E-state index in [1.54, 1.807) is 0 Å². The van der Waals surface area contributed by atoms with Crippen LogP contribution in [0.25, 0.3) is 0 Å². The zero-order valence-electron chi connectivity index (χ0n) is 10.2. The van der Waals surface area contributed by atoms with E-state index in [9.17, 15) is 0 Å². The van der Waals surface area contributed by atoms with Gasteiger partial charge in [0.15, 0.2) is 6.29 Å². The van der Waals surface area contributed by atoms with Crippen molar-refractivity contribution in [3.8, 4) is 0 Å². The lowest BCUT2D eigenvalue weighted by Crippen LogP contribution is -2.24. The molecule has 0 rings (SSSR count). The molecule has 91 valence electrons. The van der Waals surface area contributed by atoms with Crippen molar-refractivity contribution in [3.05, 3.63) is 6.92 Å². The quantitative estimate of drug-likeness (QED) is 0.393. The summed E-state index contributed by atoms with van der Waals surface area (Å²) in [5, 5.41) is 0. The molecule has 0 aliphatic rings. The van der Waals surface area contributed by atoms with Crippen molar-refractivity contribution in [2.75, 3.05) is 26.4 Å². The fraction of sp³-hybridized carbons (Fsp3) is 0.917. The summed E-state index contributed by atoms with van der Waals surface area (Å²) in [7, 11) is 0. The van der Waals surface area contributed by atoms with E-state index in [-0.39, 0.29) is 6.29 Å². The maximum atomic E-state index is 5.56. The largest absolute Gasteiger partial charge is 0.376 e. The third-order valence-corrected chi connectivity index (χ3v) is 2.05. The van der Waals surface area contributed by atoms with Gasteiger partial charge < -0.3 is 14.2 Å². The fourth-order valence-corrected chi connectivity index (χ4v) is 1.25. The molecule has 3 heteroatoms. The SMILES string of the molecule is [CH2]COCC(OCC)OCCCCCC. The summed E-state index contributed by atoms with van der Waals surface area (Å²) in [5.41, 5.74) is 0. The van der Waals surface area contributed by atoms with Crippen molar-refractivity contribution in [1.29, 1.82) is 0 Å². The van der Waals surface area contributed by atoms with Crippen LogP contribution in [0.2, 0.25) is 0 Å². The van der Waals surface area contributed by atoms with Crippen molar-refractivity contribution in [1.82, 2.24) is 0 Å². The van der Waals surface area contributed by atoms with Gasteiger partial charge in [0.25, 0.3) is 0 Å². The number of hydrogen-bond acceptors (Lipinski definition) is 3. The Morgan fingerprint density at radius 1 is 1.07 bits per heavy atom. The van der Waals surface area contributed by atoms with Gasteiger partial charge in [-0.15, -0.1) is 0 Å². The van der Waals surface area contributed by atoms with Crippen molar-refractivity contribution in [2.24, 2.45) is 0 Å². The molecule has 0 aliphatic carbocycles. The molecule has 0 amide bonds. The highest BCUT2D eigenvalue weighted by molar-refractivity contribution is 4.45. The normalized spacial score (nSPS) is 13.0. The van der Waals surface area contributed by atoms with E-state index in [2.05, 4.69) is 13.8 Å². The minimum Gasteiger partial charge on any atom is -0.376 e. The van der Waals surface area contributed by atoms with E-state index < -0.39 is 0 Å². The molecule has 15 heavy (non-hydrogen) atoms. The Labute approximate surface area is 94.1 Å². The average molecular weight is 217 g/mol. The average Bonchev–Trinajstić information content (AvgIpc) is 2.25. The molecule has 0 saturated carbocycles. The van der Waals surface area contributed by atoms with Gasteiger partial charge in [-0.05, 0) is 20.3 Å².